The van der Waals surface area contributed by atoms with Crippen molar-refractivity contribution in [2.45, 2.75) is 33.6 Å². The summed E-state index contributed by atoms with van der Waals surface area (Å²) in [7, 11) is 0. The molecule has 0 radical (unpaired) electrons. The fourth-order valence-electron chi connectivity index (χ4n) is 2.31. The molecule has 0 aromatic heterocycles. The zero-order valence-electron chi connectivity index (χ0n) is 9.77. The van der Waals surface area contributed by atoms with E-state index < -0.39 is 0 Å². The van der Waals surface area contributed by atoms with Crippen LogP contribution in [-0.2, 0) is 9.59 Å². The van der Waals surface area contributed by atoms with Crippen LogP contribution in [0.4, 0.5) is 0 Å². The minimum Gasteiger partial charge on any atom is -0.303 e. The lowest BCUT2D eigenvalue weighted by molar-refractivity contribution is -0.112. The van der Waals surface area contributed by atoms with Gasteiger partial charge in [0.15, 0.2) is 0 Å². The normalized spacial score (nSPS) is 33.0. The van der Waals surface area contributed by atoms with Gasteiger partial charge in [-0.05, 0) is 31.1 Å². The molecule has 0 saturated heterocycles. The molecule has 15 heavy (non-hydrogen) atoms. The molecule has 1 rings (SSSR count). The molecule has 84 valence electrons. The molecule has 0 saturated carbocycles. The highest BCUT2D eigenvalue weighted by Crippen LogP contribution is 2.36. The van der Waals surface area contributed by atoms with Crippen molar-refractivity contribution in [2.24, 2.45) is 23.7 Å². The summed E-state index contributed by atoms with van der Waals surface area (Å²) in [6.07, 6.45) is 5.79. The summed E-state index contributed by atoms with van der Waals surface area (Å²) in [5.41, 5.74) is 1.29. The lowest BCUT2D eigenvalue weighted by atomic mass is 9.72. The molecule has 0 heterocycles. The van der Waals surface area contributed by atoms with Gasteiger partial charge in [-0.15, -0.1) is 0 Å². The smallest absolute Gasteiger partial charge is 0.123 e. The predicted molar refractivity (Wildman–Crippen MR) is 60.4 cm³/mol. The fourth-order valence-corrected chi connectivity index (χ4v) is 2.31. The van der Waals surface area contributed by atoms with Gasteiger partial charge in [0.05, 0.1) is 0 Å². The Hall–Kier alpha value is -0.920. The maximum absolute atomic E-state index is 10.9. The van der Waals surface area contributed by atoms with E-state index in [0.29, 0.717) is 24.2 Å². The Labute approximate surface area is 91.7 Å². The number of aldehydes is 2. The standard InChI is InChI=1S/C13H20O2/c1-9(4-5-14)12-6-10(2)11(3)13(7-12)8-15/h5-6,8-9,11-13H,4,7H2,1-3H3. The molecular formula is C13H20O2. The lowest BCUT2D eigenvalue weighted by Crippen LogP contribution is -2.26. The number of allylic oxidation sites excluding steroid dienone is 2. The van der Waals surface area contributed by atoms with Crippen molar-refractivity contribution in [3.8, 4) is 0 Å². The maximum atomic E-state index is 10.9. The first-order valence-corrected chi connectivity index (χ1v) is 5.67. The molecule has 2 nitrogen and oxygen atoms in total. The van der Waals surface area contributed by atoms with Crippen LogP contribution < -0.4 is 0 Å². The first-order chi connectivity index (χ1) is 7.10. The van der Waals surface area contributed by atoms with Crippen molar-refractivity contribution in [2.75, 3.05) is 0 Å². The van der Waals surface area contributed by atoms with E-state index in [4.69, 9.17) is 0 Å². The molecule has 1 aliphatic rings. The van der Waals surface area contributed by atoms with E-state index in [9.17, 15) is 9.59 Å². The number of hydrogen-bond donors (Lipinski definition) is 0. The van der Waals surface area contributed by atoms with Gasteiger partial charge in [-0.25, -0.2) is 0 Å². The summed E-state index contributed by atoms with van der Waals surface area (Å²) in [6.45, 7) is 6.27. The minimum atomic E-state index is 0.133. The molecule has 0 aromatic rings. The van der Waals surface area contributed by atoms with E-state index in [0.717, 1.165) is 19.0 Å². The number of carbonyl (C=O) groups is 2. The van der Waals surface area contributed by atoms with Crippen molar-refractivity contribution < 1.29 is 9.59 Å². The van der Waals surface area contributed by atoms with Gasteiger partial charge >= 0.3 is 0 Å². The van der Waals surface area contributed by atoms with E-state index >= 15 is 0 Å². The largest absolute Gasteiger partial charge is 0.303 e. The molecule has 0 aromatic carbocycles. The maximum Gasteiger partial charge on any atom is 0.123 e. The SMILES string of the molecule is CC1=CC(C(C)CC=O)CC(C=O)C1C. The molecule has 4 unspecified atom stereocenters. The molecule has 0 spiro atoms. The van der Waals surface area contributed by atoms with E-state index in [2.05, 4.69) is 26.8 Å². The number of rotatable bonds is 4. The molecule has 2 heteroatoms. The highest BCUT2D eigenvalue weighted by molar-refractivity contribution is 5.56. The van der Waals surface area contributed by atoms with E-state index in [-0.39, 0.29) is 5.92 Å². The summed E-state index contributed by atoms with van der Waals surface area (Å²) in [4.78, 5) is 21.4. The van der Waals surface area contributed by atoms with Gasteiger partial charge in [0.1, 0.15) is 12.6 Å². The molecule has 1 aliphatic carbocycles. The second kappa shape index (κ2) is 5.24. The molecule has 0 bridgehead atoms. The quantitative estimate of drug-likeness (QED) is 0.525. The van der Waals surface area contributed by atoms with Gasteiger partial charge in [-0.1, -0.05) is 25.5 Å². The Morgan fingerprint density at radius 2 is 2.20 bits per heavy atom. The number of carbonyl (C=O) groups excluding carboxylic acids is 2. The van der Waals surface area contributed by atoms with Crippen LogP contribution >= 0.6 is 0 Å². The van der Waals surface area contributed by atoms with Gasteiger partial charge in [0, 0.05) is 12.3 Å². The average molecular weight is 208 g/mol. The van der Waals surface area contributed by atoms with Gasteiger partial charge in [-0.2, -0.15) is 0 Å². The first kappa shape index (κ1) is 12.2. The zero-order valence-corrected chi connectivity index (χ0v) is 9.77. The van der Waals surface area contributed by atoms with Crippen LogP contribution in [0, 0.1) is 23.7 Å². The van der Waals surface area contributed by atoms with Crippen LogP contribution in [0.2, 0.25) is 0 Å². The third-order valence-electron chi connectivity index (χ3n) is 3.76. The minimum absolute atomic E-state index is 0.133. The predicted octanol–water partition coefficient (Wildman–Crippen LogP) is 2.63. The third kappa shape index (κ3) is 2.77. The summed E-state index contributed by atoms with van der Waals surface area (Å²) < 4.78 is 0. The van der Waals surface area contributed by atoms with Crippen LogP contribution in [-0.4, -0.2) is 12.6 Å². The van der Waals surface area contributed by atoms with E-state index in [1.54, 1.807) is 0 Å². The first-order valence-electron chi connectivity index (χ1n) is 5.67. The Morgan fingerprint density at radius 3 is 2.73 bits per heavy atom. The van der Waals surface area contributed by atoms with Gasteiger partial charge < -0.3 is 9.59 Å². The Balaban J connectivity index is 2.76. The monoisotopic (exact) mass is 208 g/mol. The van der Waals surface area contributed by atoms with Crippen LogP contribution in [0.1, 0.15) is 33.6 Å². The van der Waals surface area contributed by atoms with Crippen molar-refractivity contribution in [3.05, 3.63) is 11.6 Å². The van der Waals surface area contributed by atoms with Gasteiger partial charge in [0.25, 0.3) is 0 Å². The Kier molecular flexibility index (Phi) is 4.25. The van der Waals surface area contributed by atoms with Crippen LogP contribution in [0.3, 0.4) is 0 Å². The second-order valence-corrected chi connectivity index (χ2v) is 4.78. The zero-order chi connectivity index (χ0) is 11.4. The van der Waals surface area contributed by atoms with E-state index in [1.165, 1.54) is 5.57 Å². The lowest BCUT2D eigenvalue weighted by Gasteiger charge is -2.32. The topological polar surface area (TPSA) is 34.1 Å². The van der Waals surface area contributed by atoms with Crippen molar-refractivity contribution >= 4 is 12.6 Å². The number of hydrogen-bond acceptors (Lipinski definition) is 2. The van der Waals surface area contributed by atoms with Crippen molar-refractivity contribution in [1.82, 2.24) is 0 Å². The Morgan fingerprint density at radius 1 is 1.53 bits per heavy atom. The average Bonchev–Trinajstić information content (AvgIpc) is 2.22. The summed E-state index contributed by atoms with van der Waals surface area (Å²) in [5, 5.41) is 0. The van der Waals surface area contributed by atoms with Crippen molar-refractivity contribution in [1.29, 1.82) is 0 Å². The fraction of sp³-hybridized carbons (Fsp3) is 0.692. The summed E-state index contributed by atoms with van der Waals surface area (Å²) in [5.74, 6) is 1.24. The molecular weight excluding hydrogens is 188 g/mol. The van der Waals surface area contributed by atoms with Crippen molar-refractivity contribution in [3.63, 3.8) is 0 Å². The highest BCUT2D eigenvalue weighted by atomic mass is 16.1. The molecule has 0 amide bonds. The van der Waals surface area contributed by atoms with Gasteiger partial charge in [-0.3, -0.25) is 0 Å². The van der Waals surface area contributed by atoms with Crippen LogP contribution in [0.15, 0.2) is 11.6 Å². The molecule has 0 fully saturated rings. The summed E-state index contributed by atoms with van der Waals surface area (Å²) in [6, 6.07) is 0. The van der Waals surface area contributed by atoms with Crippen LogP contribution in [0.25, 0.3) is 0 Å². The molecule has 4 atom stereocenters. The highest BCUT2D eigenvalue weighted by Gasteiger charge is 2.29. The second-order valence-electron chi connectivity index (χ2n) is 4.78. The third-order valence-corrected chi connectivity index (χ3v) is 3.76. The molecule has 0 N–H and O–H groups in total. The van der Waals surface area contributed by atoms with Crippen LogP contribution in [0.5, 0.6) is 0 Å². The summed E-state index contributed by atoms with van der Waals surface area (Å²) >= 11 is 0. The van der Waals surface area contributed by atoms with E-state index in [1.807, 2.05) is 0 Å². The molecule has 0 aliphatic heterocycles. The Bertz CT molecular complexity index is 268. The van der Waals surface area contributed by atoms with Gasteiger partial charge in [0.2, 0.25) is 0 Å².